The van der Waals surface area contributed by atoms with Gasteiger partial charge in [-0.3, -0.25) is 14.9 Å². The molecule has 1 saturated heterocycles. The number of nitrogens with zero attached hydrogens (tertiary/aromatic N) is 4. The zero-order valence-corrected chi connectivity index (χ0v) is 24.7. The highest BCUT2D eigenvalue weighted by molar-refractivity contribution is 6.31. The van der Waals surface area contributed by atoms with Gasteiger partial charge in [-0.25, -0.2) is 15.0 Å². The molecule has 0 radical (unpaired) electrons. The van der Waals surface area contributed by atoms with Gasteiger partial charge in [-0.2, -0.15) is 10.2 Å². The normalized spacial score (nSPS) is 16.1. The van der Waals surface area contributed by atoms with Crippen LogP contribution >= 0.6 is 23.2 Å². The van der Waals surface area contributed by atoms with Crippen molar-refractivity contribution in [1.29, 1.82) is 0 Å². The highest BCUT2D eigenvalue weighted by atomic mass is 35.5. The van der Waals surface area contributed by atoms with E-state index in [1.54, 1.807) is 73.5 Å². The van der Waals surface area contributed by atoms with Crippen molar-refractivity contribution in [3.63, 3.8) is 0 Å². The SMILES string of the molecule is CC1(C)[C@@H](N(O)C(=O)Nc2ccc(Cl)cc2)N(c2ccc(Cl)cc2)C(=O)N1CCCCC(=O)N/N=C/c1ccccc1. The summed E-state index contributed by atoms with van der Waals surface area (Å²) in [6, 6.07) is 21.2. The topological polar surface area (TPSA) is 118 Å². The standard InChI is InChI=1S/C30H32Cl2N6O4/c1-30(2)27(38(42)28(40)34-24-15-11-22(31)12-16-24)37(25-17-13-23(32)14-18-25)29(41)36(30)19-7-6-10-26(39)35-33-20-21-8-4-3-5-9-21/h3-5,8-9,11-18,20,27,42H,6-7,10,19H2,1-2H3,(H,34,40)(H,35,39)/b33-20+/t27-/m1/s1. The molecule has 0 spiro atoms. The summed E-state index contributed by atoms with van der Waals surface area (Å²) >= 11 is 12.0. The Hall–Kier alpha value is -4.12. The first kappa shape index (κ1) is 30.8. The molecule has 0 aliphatic carbocycles. The maximum atomic E-state index is 13.8. The van der Waals surface area contributed by atoms with Crippen molar-refractivity contribution in [3.8, 4) is 0 Å². The molecule has 4 rings (SSSR count). The minimum atomic E-state index is -1.09. The monoisotopic (exact) mass is 610 g/mol. The van der Waals surface area contributed by atoms with E-state index < -0.39 is 23.8 Å². The van der Waals surface area contributed by atoms with E-state index in [-0.39, 0.29) is 12.3 Å². The molecule has 0 bridgehead atoms. The number of halogens is 2. The third-order valence-corrected chi connectivity index (χ3v) is 7.39. The molecule has 220 valence electrons. The first-order valence-corrected chi connectivity index (χ1v) is 14.1. The summed E-state index contributed by atoms with van der Waals surface area (Å²) in [6.07, 6.45) is 1.70. The number of urea groups is 2. The summed E-state index contributed by atoms with van der Waals surface area (Å²) in [5, 5.41) is 19.3. The first-order valence-electron chi connectivity index (χ1n) is 13.4. The number of hydrogen-bond donors (Lipinski definition) is 3. The second-order valence-electron chi connectivity index (χ2n) is 10.3. The van der Waals surface area contributed by atoms with Crippen molar-refractivity contribution in [1.82, 2.24) is 15.4 Å². The van der Waals surface area contributed by atoms with Gasteiger partial charge < -0.3 is 10.2 Å². The third-order valence-electron chi connectivity index (χ3n) is 6.89. The Morgan fingerprint density at radius 1 is 0.976 bits per heavy atom. The van der Waals surface area contributed by atoms with Gasteiger partial charge in [0.1, 0.15) is 0 Å². The maximum Gasteiger partial charge on any atom is 0.347 e. The first-order chi connectivity index (χ1) is 20.1. The van der Waals surface area contributed by atoms with Crippen LogP contribution < -0.4 is 15.6 Å². The van der Waals surface area contributed by atoms with E-state index in [0.29, 0.717) is 45.9 Å². The second kappa shape index (κ2) is 13.7. The number of unbranched alkanes of at least 4 members (excludes halogenated alkanes) is 1. The van der Waals surface area contributed by atoms with Crippen LogP contribution in [0.4, 0.5) is 21.0 Å². The number of hydrogen-bond acceptors (Lipinski definition) is 5. The number of amides is 5. The summed E-state index contributed by atoms with van der Waals surface area (Å²) in [6.45, 7) is 3.84. The number of benzene rings is 3. The fraction of sp³-hybridized carbons (Fsp3) is 0.267. The van der Waals surface area contributed by atoms with Crippen molar-refractivity contribution in [3.05, 3.63) is 94.5 Å². The van der Waals surface area contributed by atoms with E-state index in [1.807, 2.05) is 30.3 Å². The molecule has 1 heterocycles. The van der Waals surface area contributed by atoms with Crippen molar-refractivity contribution in [2.75, 3.05) is 16.8 Å². The summed E-state index contributed by atoms with van der Waals surface area (Å²) in [7, 11) is 0. The molecule has 42 heavy (non-hydrogen) atoms. The zero-order valence-electron chi connectivity index (χ0n) is 23.2. The zero-order chi connectivity index (χ0) is 30.3. The van der Waals surface area contributed by atoms with Gasteiger partial charge in [-0.05, 0) is 80.8 Å². The predicted octanol–water partition coefficient (Wildman–Crippen LogP) is 6.58. The fourth-order valence-electron chi connectivity index (χ4n) is 4.74. The molecule has 0 aromatic heterocycles. The molecule has 3 aromatic carbocycles. The fourth-order valence-corrected chi connectivity index (χ4v) is 4.99. The molecule has 1 fully saturated rings. The van der Waals surface area contributed by atoms with Crippen LogP contribution in [-0.2, 0) is 4.79 Å². The van der Waals surface area contributed by atoms with Crippen molar-refractivity contribution < 1.29 is 19.6 Å². The van der Waals surface area contributed by atoms with Crippen LogP contribution in [-0.4, -0.2) is 57.6 Å². The van der Waals surface area contributed by atoms with Gasteiger partial charge in [0.05, 0.1) is 11.8 Å². The Morgan fingerprint density at radius 3 is 2.24 bits per heavy atom. The van der Waals surface area contributed by atoms with Gasteiger partial charge >= 0.3 is 12.1 Å². The summed E-state index contributed by atoms with van der Waals surface area (Å²) in [5.41, 5.74) is 3.24. The lowest BCUT2D eigenvalue weighted by Crippen LogP contribution is -2.58. The van der Waals surface area contributed by atoms with Crippen LogP contribution in [0, 0.1) is 0 Å². The van der Waals surface area contributed by atoms with E-state index in [4.69, 9.17) is 23.2 Å². The van der Waals surface area contributed by atoms with E-state index >= 15 is 0 Å². The number of rotatable bonds is 10. The smallest absolute Gasteiger partial charge is 0.315 e. The summed E-state index contributed by atoms with van der Waals surface area (Å²) in [5.74, 6) is -0.240. The molecule has 3 N–H and O–H groups in total. The highest BCUT2D eigenvalue weighted by Crippen LogP contribution is 2.38. The van der Waals surface area contributed by atoms with Crippen molar-refractivity contribution in [2.24, 2.45) is 5.10 Å². The van der Waals surface area contributed by atoms with Gasteiger partial charge in [0.25, 0.3) is 0 Å². The van der Waals surface area contributed by atoms with Gasteiger partial charge in [0, 0.05) is 34.4 Å². The largest absolute Gasteiger partial charge is 0.347 e. The maximum absolute atomic E-state index is 13.8. The molecule has 5 amide bonds. The average Bonchev–Trinajstić information content (AvgIpc) is 3.17. The van der Waals surface area contributed by atoms with Crippen LogP contribution in [0.2, 0.25) is 10.0 Å². The quantitative estimate of drug-likeness (QED) is 0.104. The average molecular weight is 612 g/mol. The Balaban J connectivity index is 1.43. The van der Waals surface area contributed by atoms with Crippen molar-refractivity contribution in [2.45, 2.75) is 44.8 Å². The number of carbonyl (C=O) groups excluding carboxylic acids is 3. The molecule has 0 saturated carbocycles. The second-order valence-corrected chi connectivity index (χ2v) is 11.1. The van der Waals surface area contributed by atoms with Gasteiger partial charge in [-0.1, -0.05) is 53.5 Å². The molecular formula is C30H32Cl2N6O4. The van der Waals surface area contributed by atoms with Crippen LogP contribution in [0.25, 0.3) is 0 Å². The van der Waals surface area contributed by atoms with Crippen LogP contribution in [0.3, 0.4) is 0 Å². The molecule has 0 unspecified atom stereocenters. The predicted molar refractivity (Wildman–Crippen MR) is 164 cm³/mol. The lowest BCUT2D eigenvalue weighted by molar-refractivity contribution is -0.121. The minimum absolute atomic E-state index is 0.217. The molecule has 12 heteroatoms. The van der Waals surface area contributed by atoms with Gasteiger partial charge in [-0.15, -0.1) is 0 Å². The van der Waals surface area contributed by atoms with E-state index in [9.17, 15) is 19.6 Å². The number of nitrogens with one attached hydrogen (secondary N) is 2. The Kier molecular flexibility index (Phi) is 10.1. The van der Waals surface area contributed by atoms with Crippen LogP contribution in [0.1, 0.15) is 38.7 Å². The number of hydrazone groups is 1. The summed E-state index contributed by atoms with van der Waals surface area (Å²) in [4.78, 5) is 42.1. The van der Waals surface area contributed by atoms with E-state index in [2.05, 4.69) is 15.8 Å². The molecular weight excluding hydrogens is 579 g/mol. The molecule has 10 nitrogen and oxygen atoms in total. The molecule has 1 aliphatic heterocycles. The van der Waals surface area contributed by atoms with Gasteiger partial charge in [0.15, 0.2) is 6.17 Å². The van der Waals surface area contributed by atoms with Gasteiger partial charge in [0.2, 0.25) is 5.91 Å². The van der Waals surface area contributed by atoms with Crippen LogP contribution in [0.15, 0.2) is 84.0 Å². The minimum Gasteiger partial charge on any atom is -0.315 e. The molecule has 3 aromatic rings. The van der Waals surface area contributed by atoms with E-state index in [0.717, 1.165) is 5.56 Å². The molecule has 1 aliphatic rings. The van der Waals surface area contributed by atoms with Crippen LogP contribution in [0.5, 0.6) is 0 Å². The number of anilines is 2. The number of carbonyl (C=O) groups is 3. The molecule has 1 atom stereocenters. The number of hydroxylamine groups is 2. The van der Waals surface area contributed by atoms with Crippen molar-refractivity contribution >= 4 is 58.8 Å². The highest BCUT2D eigenvalue weighted by Gasteiger charge is 2.55. The Labute approximate surface area is 254 Å². The summed E-state index contributed by atoms with van der Waals surface area (Å²) < 4.78 is 0. The van der Waals surface area contributed by atoms with E-state index in [1.165, 1.54) is 4.90 Å². The lowest BCUT2D eigenvalue weighted by atomic mass is 9.99. The Morgan fingerprint density at radius 2 is 1.60 bits per heavy atom. The lowest BCUT2D eigenvalue weighted by Gasteiger charge is -2.38. The Bertz CT molecular complexity index is 1420. The third kappa shape index (κ3) is 7.39.